The van der Waals surface area contributed by atoms with Crippen LogP contribution in [-0.2, 0) is 4.74 Å². The van der Waals surface area contributed by atoms with E-state index in [0.29, 0.717) is 24.9 Å². The van der Waals surface area contributed by atoms with Crippen molar-refractivity contribution in [2.45, 2.75) is 25.2 Å². The van der Waals surface area contributed by atoms with Crippen LogP contribution < -0.4 is 14.8 Å². The predicted molar refractivity (Wildman–Crippen MR) is 90.4 cm³/mol. The minimum absolute atomic E-state index is 0.0934. The van der Waals surface area contributed by atoms with Crippen LogP contribution in [0, 0.1) is 5.92 Å². The quantitative estimate of drug-likeness (QED) is 0.858. The van der Waals surface area contributed by atoms with Gasteiger partial charge in [0.15, 0.2) is 0 Å². The molecule has 0 aromatic heterocycles. The molecule has 26 heavy (non-hydrogen) atoms. The van der Waals surface area contributed by atoms with Crippen molar-refractivity contribution in [3.63, 3.8) is 0 Å². The van der Waals surface area contributed by atoms with E-state index in [1.165, 1.54) is 19.2 Å². The van der Waals surface area contributed by atoms with Crippen LogP contribution in [0.4, 0.5) is 13.2 Å². The van der Waals surface area contributed by atoms with Gasteiger partial charge in [0.25, 0.3) is 0 Å². The molecule has 2 fully saturated rings. The van der Waals surface area contributed by atoms with E-state index in [0.717, 1.165) is 44.6 Å². The predicted octanol–water partition coefficient (Wildman–Crippen LogP) is 2.97. The molecule has 0 bridgehead atoms. The van der Waals surface area contributed by atoms with Crippen LogP contribution in [0.5, 0.6) is 11.5 Å². The third kappa shape index (κ3) is 4.81. The molecule has 2 saturated heterocycles. The summed E-state index contributed by atoms with van der Waals surface area (Å²) in [4.78, 5) is 2.40. The second-order valence-corrected chi connectivity index (χ2v) is 6.63. The molecule has 1 atom stereocenters. The van der Waals surface area contributed by atoms with Gasteiger partial charge in [-0.15, -0.1) is 13.2 Å². The van der Waals surface area contributed by atoms with Crippen molar-refractivity contribution in [1.82, 2.24) is 10.2 Å². The van der Waals surface area contributed by atoms with Crippen molar-refractivity contribution in [3.05, 3.63) is 23.8 Å². The van der Waals surface area contributed by atoms with Gasteiger partial charge < -0.3 is 19.5 Å². The van der Waals surface area contributed by atoms with Gasteiger partial charge in [-0.05, 0) is 24.8 Å². The molecular weight excluding hydrogens is 349 g/mol. The van der Waals surface area contributed by atoms with Gasteiger partial charge >= 0.3 is 6.36 Å². The molecule has 0 spiro atoms. The molecule has 146 valence electrons. The molecule has 5 nitrogen and oxygen atoms in total. The van der Waals surface area contributed by atoms with Crippen molar-refractivity contribution in [1.29, 1.82) is 0 Å². The number of halogens is 3. The third-order valence-corrected chi connectivity index (χ3v) is 5.01. The molecule has 0 aliphatic carbocycles. The van der Waals surface area contributed by atoms with E-state index in [2.05, 4.69) is 15.0 Å². The highest BCUT2D eigenvalue weighted by molar-refractivity contribution is 5.43. The topological polar surface area (TPSA) is 43.0 Å². The lowest BCUT2D eigenvalue weighted by Crippen LogP contribution is -2.47. The number of piperazine rings is 1. The van der Waals surface area contributed by atoms with Gasteiger partial charge in [0.05, 0.1) is 7.11 Å². The highest BCUT2D eigenvalue weighted by Gasteiger charge is 2.35. The number of nitrogens with zero attached hydrogens (tertiary/aromatic N) is 1. The summed E-state index contributed by atoms with van der Waals surface area (Å²) in [5.41, 5.74) is 0.913. The molecule has 2 aliphatic heterocycles. The second-order valence-electron chi connectivity index (χ2n) is 6.63. The highest BCUT2D eigenvalue weighted by atomic mass is 19.4. The molecule has 1 aromatic rings. The first-order chi connectivity index (χ1) is 12.5. The molecule has 0 saturated carbocycles. The van der Waals surface area contributed by atoms with Crippen molar-refractivity contribution in [3.8, 4) is 11.5 Å². The Balaban J connectivity index is 1.91. The zero-order valence-corrected chi connectivity index (χ0v) is 14.8. The highest BCUT2D eigenvalue weighted by Crippen LogP contribution is 2.41. The molecule has 2 heterocycles. The summed E-state index contributed by atoms with van der Waals surface area (Å²) >= 11 is 0. The Bertz CT molecular complexity index is 568. The summed E-state index contributed by atoms with van der Waals surface area (Å²) in [6, 6.07) is 4.51. The fourth-order valence-electron chi connectivity index (χ4n) is 3.87. The zero-order chi connectivity index (χ0) is 18.6. The molecule has 3 rings (SSSR count). The third-order valence-electron chi connectivity index (χ3n) is 5.01. The molecular formula is C18H25F3N2O3. The maximum absolute atomic E-state index is 12.5. The minimum Gasteiger partial charge on any atom is -0.496 e. The van der Waals surface area contributed by atoms with Crippen molar-refractivity contribution < 1.29 is 27.4 Å². The number of rotatable bonds is 5. The summed E-state index contributed by atoms with van der Waals surface area (Å²) in [5.74, 6) is 0.552. The molecule has 1 aromatic carbocycles. The lowest BCUT2D eigenvalue weighted by Gasteiger charge is -2.41. The Morgan fingerprint density at radius 1 is 1.19 bits per heavy atom. The van der Waals surface area contributed by atoms with E-state index < -0.39 is 6.36 Å². The van der Waals surface area contributed by atoms with Gasteiger partial charge in [0.1, 0.15) is 11.5 Å². The van der Waals surface area contributed by atoms with Gasteiger partial charge in [-0.3, -0.25) is 4.90 Å². The fraction of sp³-hybridized carbons (Fsp3) is 0.667. The SMILES string of the molecule is COc1cc(OC(F)(F)F)ccc1[C@H](C1CCOCC1)N1CCNCC1. The molecule has 1 N–H and O–H groups in total. The normalized spacial score (nSPS) is 21.4. The van der Waals surface area contributed by atoms with Crippen LogP contribution in [0.3, 0.4) is 0 Å². The van der Waals surface area contributed by atoms with E-state index in [1.807, 2.05) is 0 Å². The summed E-state index contributed by atoms with van der Waals surface area (Å²) in [6.45, 7) is 5.02. The van der Waals surface area contributed by atoms with Crippen molar-refractivity contribution >= 4 is 0 Å². The average Bonchev–Trinajstić information content (AvgIpc) is 2.63. The minimum atomic E-state index is -4.72. The largest absolute Gasteiger partial charge is 0.573 e. The van der Waals surface area contributed by atoms with Crippen LogP contribution >= 0.6 is 0 Å². The van der Waals surface area contributed by atoms with Crippen LogP contribution in [0.15, 0.2) is 18.2 Å². The van der Waals surface area contributed by atoms with Crippen molar-refractivity contribution in [2.75, 3.05) is 46.5 Å². The second kappa shape index (κ2) is 8.45. The van der Waals surface area contributed by atoms with E-state index in [-0.39, 0.29) is 11.8 Å². The summed E-state index contributed by atoms with van der Waals surface area (Å²) in [6.07, 6.45) is -2.86. The molecule has 2 aliphatic rings. The van der Waals surface area contributed by atoms with E-state index in [9.17, 15) is 13.2 Å². The number of hydrogen-bond donors (Lipinski definition) is 1. The number of methoxy groups -OCH3 is 1. The number of benzene rings is 1. The first-order valence-electron chi connectivity index (χ1n) is 8.94. The Hall–Kier alpha value is -1.51. The molecule has 0 amide bonds. The lowest BCUT2D eigenvalue weighted by molar-refractivity contribution is -0.274. The Labute approximate surface area is 151 Å². The van der Waals surface area contributed by atoms with Gasteiger partial charge in [-0.2, -0.15) is 0 Å². The lowest BCUT2D eigenvalue weighted by atomic mass is 9.85. The number of nitrogens with one attached hydrogen (secondary N) is 1. The monoisotopic (exact) mass is 374 g/mol. The Kier molecular flexibility index (Phi) is 6.26. The summed E-state index contributed by atoms with van der Waals surface area (Å²) in [5, 5.41) is 3.34. The van der Waals surface area contributed by atoms with Gasteiger partial charge in [0.2, 0.25) is 0 Å². The molecule has 0 radical (unpaired) electrons. The Morgan fingerprint density at radius 2 is 1.88 bits per heavy atom. The first-order valence-corrected chi connectivity index (χ1v) is 8.94. The summed E-state index contributed by atoms with van der Waals surface area (Å²) in [7, 11) is 1.48. The first kappa shape index (κ1) is 19.3. The van der Waals surface area contributed by atoms with E-state index >= 15 is 0 Å². The maximum atomic E-state index is 12.5. The standard InChI is InChI=1S/C18H25F3N2O3/c1-24-16-12-14(26-18(19,20)21)2-3-15(16)17(13-4-10-25-11-5-13)23-8-6-22-7-9-23/h2-3,12-13,17,22H,4-11H2,1H3/t17-/m0/s1. The number of hydrogen-bond acceptors (Lipinski definition) is 5. The van der Waals surface area contributed by atoms with Crippen LogP contribution in [0.25, 0.3) is 0 Å². The van der Waals surface area contributed by atoms with Gasteiger partial charge in [-0.25, -0.2) is 0 Å². The summed E-state index contributed by atoms with van der Waals surface area (Å²) < 4.78 is 52.6. The van der Waals surface area contributed by atoms with E-state index in [1.54, 1.807) is 6.07 Å². The van der Waals surface area contributed by atoms with Crippen LogP contribution in [0.2, 0.25) is 0 Å². The van der Waals surface area contributed by atoms with Gasteiger partial charge in [-0.1, -0.05) is 6.07 Å². The maximum Gasteiger partial charge on any atom is 0.573 e. The van der Waals surface area contributed by atoms with E-state index in [4.69, 9.17) is 9.47 Å². The number of ether oxygens (including phenoxy) is 3. The average molecular weight is 374 g/mol. The molecule has 8 heteroatoms. The van der Waals surface area contributed by atoms with Crippen LogP contribution in [-0.4, -0.2) is 57.8 Å². The smallest absolute Gasteiger partial charge is 0.496 e. The van der Waals surface area contributed by atoms with Crippen molar-refractivity contribution in [2.24, 2.45) is 5.92 Å². The van der Waals surface area contributed by atoms with Crippen LogP contribution in [0.1, 0.15) is 24.4 Å². The number of alkyl halides is 3. The molecule has 0 unspecified atom stereocenters. The zero-order valence-electron chi connectivity index (χ0n) is 14.8. The Morgan fingerprint density at radius 3 is 2.50 bits per heavy atom. The fourth-order valence-corrected chi connectivity index (χ4v) is 3.87. The van der Waals surface area contributed by atoms with Gasteiger partial charge in [0, 0.05) is 57.1 Å².